The predicted molar refractivity (Wildman–Crippen MR) is 70.1 cm³/mol. The van der Waals surface area contributed by atoms with Gasteiger partial charge in [-0.05, 0) is 50.3 Å². The largest absolute Gasteiger partial charge is 0.490 e. The van der Waals surface area contributed by atoms with Gasteiger partial charge in [-0.25, -0.2) is 0 Å². The van der Waals surface area contributed by atoms with Gasteiger partial charge in [0.2, 0.25) is 0 Å². The van der Waals surface area contributed by atoms with E-state index in [1.807, 2.05) is 32.0 Å². The maximum atomic E-state index is 6.41. The Labute approximate surface area is 108 Å². The molecule has 0 aromatic heterocycles. The van der Waals surface area contributed by atoms with Crippen LogP contribution >= 0.6 is 11.6 Å². The summed E-state index contributed by atoms with van der Waals surface area (Å²) < 4.78 is 11.1. The van der Waals surface area contributed by atoms with Crippen LogP contribution < -0.4 is 9.47 Å². The van der Waals surface area contributed by atoms with Crippen molar-refractivity contribution in [1.29, 1.82) is 0 Å². The molecule has 1 aliphatic carbocycles. The van der Waals surface area contributed by atoms with Crippen molar-refractivity contribution >= 4 is 11.6 Å². The molecule has 1 aromatic rings. The summed E-state index contributed by atoms with van der Waals surface area (Å²) in [7, 11) is 0. The second kappa shape index (κ2) is 5.63. The van der Waals surface area contributed by atoms with Crippen LogP contribution in [0.3, 0.4) is 0 Å². The lowest BCUT2D eigenvalue weighted by molar-refractivity contribution is 0.287. The number of benzene rings is 1. The van der Waals surface area contributed by atoms with E-state index in [-0.39, 0.29) is 5.38 Å². The fraction of sp³-hybridized carbons (Fsp3) is 0.571. The Balaban J connectivity index is 2.20. The van der Waals surface area contributed by atoms with Crippen molar-refractivity contribution < 1.29 is 9.47 Å². The van der Waals surface area contributed by atoms with Crippen molar-refractivity contribution in [3.05, 3.63) is 23.8 Å². The summed E-state index contributed by atoms with van der Waals surface area (Å²) in [5, 5.41) is 0.116. The highest BCUT2D eigenvalue weighted by Gasteiger charge is 2.31. The molecule has 2 nitrogen and oxygen atoms in total. The zero-order chi connectivity index (χ0) is 12.3. The predicted octanol–water partition coefficient (Wildman–Crippen LogP) is 4.17. The lowest BCUT2D eigenvalue weighted by Gasteiger charge is -2.14. The van der Waals surface area contributed by atoms with Crippen LogP contribution in [0.4, 0.5) is 0 Å². The first kappa shape index (κ1) is 12.6. The molecule has 1 aliphatic rings. The smallest absolute Gasteiger partial charge is 0.161 e. The molecule has 3 heteroatoms. The SMILES string of the molecule is CCOc1ccc(C(Cl)C2CC2)cc1OCC. The average molecular weight is 255 g/mol. The van der Waals surface area contributed by atoms with Gasteiger partial charge in [-0.3, -0.25) is 0 Å². The van der Waals surface area contributed by atoms with E-state index in [1.165, 1.54) is 12.8 Å². The van der Waals surface area contributed by atoms with Crippen molar-refractivity contribution in [1.82, 2.24) is 0 Å². The van der Waals surface area contributed by atoms with Gasteiger partial charge in [0, 0.05) is 0 Å². The number of halogens is 1. The van der Waals surface area contributed by atoms with Crippen molar-refractivity contribution in [3.8, 4) is 11.5 Å². The highest BCUT2D eigenvalue weighted by atomic mass is 35.5. The molecule has 17 heavy (non-hydrogen) atoms. The van der Waals surface area contributed by atoms with Gasteiger partial charge in [0.05, 0.1) is 18.6 Å². The summed E-state index contributed by atoms with van der Waals surface area (Å²) in [6.45, 7) is 5.23. The highest BCUT2D eigenvalue weighted by Crippen LogP contribution is 2.46. The normalized spacial score (nSPS) is 16.6. The Bertz CT molecular complexity index is 374. The Morgan fingerprint density at radius 2 is 1.82 bits per heavy atom. The highest BCUT2D eigenvalue weighted by molar-refractivity contribution is 6.21. The van der Waals surface area contributed by atoms with Crippen LogP contribution in [0.2, 0.25) is 0 Å². The third kappa shape index (κ3) is 3.06. The van der Waals surface area contributed by atoms with Crippen LogP contribution in [0.15, 0.2) is 18.2 Å². The summed E-state index contributed by atoms with van der Waals surface area (Å²) in [4.78, 5) is 0. The molecule has 2 rings (SSSR count). The Morgan fingerprint density at radius 3 is 2.41 bits per heavy atom. The molecule has 94 valence electrons. The van der Waals surface area contributed by atoms with Crippen molar-refractivity contribution in [3.63, 3.8) is 0 Å². The number of hydrogen-bond acceptors (Lipinski definition) is 2. The number of rotatable bonds is 6. The Morgan fingerprint density at radius 1 is 1.18 bits per heavy atom. The summed E-state index contributed by atoms with van der Waals surface area (Å²) in [6, 6.07) is 6.02. The van der Waals surface area contributed by atoms with Gasteiger partial charge >= 0.3 is 0 Å². The maximum absolute atomic E-state index is 6.41. The lowest BCUT2D eigenvalue weighted by atomic mass is 10.1. The molecule has 1 saturated carbocycles. The van der Waals surface area contributed by atoms with E-state index < -0.39 is 0 Å². The summed E-state index contributed by atoms with van der Waals surface area (Å²) in [6.07, 6.45) is 2.48. The van der Waals surface area contributed by atoms with Gasteiger partial charge in [0.15, 0.2) is 11.5 Å². The fourth-order valence-electron chi connectivity index (χ4n) is 1.90. The van der Waals surface area contributed by atoms with E-state index in [2.05, 4.69) is 0 Å². The molecule has 1 fully saturated rings. The van der Waals surface area contributed by atoms with E-state index in [9.17, 15) is 0 Å². The maximum Gasteiger partial charge on any atom is 0.161 e. The molecule has 0 amide bonds. The van der Waals surface area contributed by atoms with Crippen LogP contribution in [-0.4, -0.2) is 13.2 Å². The first-order valence-corrected chi connectivity index (χ1v) is 6.73. The molecular formula is C14H19ClO2. The first-order chi connectivity index (χ1) is 8.26. The molecule has 1 atom stereocenters. The van der Waals surface area contributed by atoms with E-state index >= 15 is 0 Å². The zero-order valence-electron chi connectivity index (χ0n) is 10.4. The van der Waals surface area contributed by atoms with Crippen LogP contribution in [0.1, 0.15) is 37.6 Å². The molecule has 0 spiro atoms. The second-order valence-electron chi connectivity index (χ2n) is 4.31. The molecule has 0 saturated heterocycles. The molecular weight excluding hydrogens is 236 g/mol. The minimum atomic E-state index is 0.116. The first-order valence-electron chi connectivity index (χ1n) is 6.29. The zero-order valence-corrected chi connectivity index (χ0v) is 11.2. The molecule has 0 bridgehead atoms. The minimum Gasteiger partial charge on any atom is -0.490 e. The summed E-state index contributed by atoms with van der Waals surface area (Å²) in [5.74, 6) is 2.25. The molecule has 0 N–H and O–H groups in total. The number of alkyl halides is 1. The quantitative estimate of drug-likeness (QED) is 0.710. The van der Waals surface area contributed by atoms with Gasteiger partial charge in [0.25, 0.3) is 0 Å². The Hall–Kier alpha value is -0.890. The van der Waals surface area contributed by atoms with Crippen molar-refractivity contribution in [2.75, 3.05) is 13.2 Å². The third-order valence-corrected chi connectivity index (χ3v) is 3.53. The molecule has 1 aromatic carbocycles. The van der Waals surface area contributed by atoms with E-state index in [4.69, 9.17) is 21.1 Å². The molecule has 0 radical (unpaired) electrons. The average Bonchev–Trinajstić information content (AvgIpc) is 3.15. The monoisotopic (exact) mass is 254 g/mol. The van der Waals surface area contributed by atoms with Gasteiger partial charge in [0.1, 0.15) is 0 Å². The third-order valence-electron chi connectivity index (χ3n) is 2.92. The Kier molecular flexibility index (Phi) is 4.16. The molecule has 0 heterocycles. The van der Waals surface area contributed by atoms with Gasteiger partial charge in [-0.2, -0.15) is 0 Å². The summed E-state index contributed by atoms with van der Waals surface area (Å²) >= 11 is 6.41. The molecule has 0 aliphatic heterocycles. The van der Waals surface area contributed by atoms with Crippen LogP contribution in [0.5, 0.6) is 11.5 Å². The molecule has 1 unspecified atom stereocenters. The topological polar surface area (TPSA) is 18.5 Å². The fourth-order valence-corrected chi connectivity index (χ4v) is 2.29. The van der Waals surface area contributed by atoms with E-state index in [0.717, 1.165) is 17.1 Å². The number of ether oxygens (including phenoxy) is 2. The lowest BCUT2D eigenvalue weighted by Crippen LogP contribution is -2.00. The van der Waals surface area contributed by atoms with Gasteiger partial charge in [-0.15, -0.1) is 11.6 Å². The second-order valence-corrected chi connectivity index (χ2v) is 4.78. The van der Waals surface area contributed by atoms with Crippen LogP contribution in [-0.2, 0) is 0 Å². The summed E-state index contributed by atoms with van der Waals surface area (Å²) in [5.41, 5.74) is 1.14. The van der Waals surface area contributed by atoms with Crippen LogP contribution in [0.25, 0.3) is 0 Å². The van der Waals surface area contributed by atoms with E-state index in [1.54, 1.807) is 0 Å². The van der Waals surface area contributed by atoms with Crippen molar-refractivity contribution in [2.45, 2.75) is 32.1 Å². The van der Waals surface area contributed by atoms with Gasteiger partial charge < -0.3 is 9.47 Å². The van der Waals surface area contributed by atoms with E-state index in [0.29, 0.717) is 19.1 Å². The van der Waals surface area contributed by atoms with Crippen molar-refractivity contribution in [2.24, 2.45) is 5.92 Å². The standard InChI is InChI=1S/C14H19ClO2/c1-3-16-12-8-7-11(9-13(12)17-4-2)14(15)10-5-6-10/h7-10,14H,3-6H2,1-2H3. The van der Waals surface area contributed by atoms with Gasteiger partial charge in [-0.1, -0.05) is 6.07 Å². The number of hydrogen-bond donors (Lipinski definition) is 0. The minimum absolute atomic E-state index is 0.116. The van der Waals surface area contributed by atoms with Crippen LogP contribution in [0, 0.1) is 5.92 Å².